The number of halogens is 1. The van der Waals surface area contributed by atoms with Gasteiger partial charge in [0.1, 0.15) is 0 Å². The third kappa shape index (κ3) is 7.77. The van der Waals surface area contributed by atoms with Gasteiger partial charge in [-0.1, -0.05) is 42.5 Å². The second-order valence-electron chi connectivity index (χ2n) is 6.47. The van der Waals surface area contributed by atoms with E-state index in [1.807, 2.05) is 35.1 Å². The SMILES string of the molecule is CN=C(NCCCNc1ccccc1)NCc1ccccc1Cn1cccn1.I. The molecule has 1 aromatic heterocycles. The van der Waals surface area contributed by atoms with Crippen molar-refractivity contribution in [3.63, 3.8) is 0 Å². The minimum atomic E-state index is 0. The molecule has 3 N–H and O–H groups in total. The van der Waals surface area contributed by atoms with Crippen LogP contribution in [0.2, 0.25) is 0 Å². The fourth-order valence-corrected chi connectivity index (χ4v) is 2.94. The molecule has 154 valence electrons. The topological polar surface area (TPSA) is 66.3 Å². The first-order chi connectivity index (χ1) is 13.8. The van der Waals surface area contributed by atoms with Gasteiger partial charge in [-0.05, 0) is 35.7 Å². The van der Waals surface area contributed by atoms with Crippen LogP contribution in [0.3, 0.4) is 0 Å². The van der Waals surface area contributed by atoms with Crippen molar-refractivity contribution < 1.29 is 0 Å². The van der Waals surface area contributed by atoms with Crippen molar-refractivity contribution in [3.8, 4) is 0 Å². The zero-order valence-electron chi connectivity index (χ0n) is 16.7. The molecule has 0 spiro atoms. The maximum absolute atomic E-state index is 4.32. The van der Waals surface area contributed by atoms with E-state index in [4.69, 9.17) is 0 Å². The van der Waals surface area contributed by atoms with E-state index in [0.29, 0.717) is 0 Å². The number of nitrogens with one attached hydrogen (secondary N) is 3. The molecule has 0 atom stereocenters. The van der Waals surface area contributed by atoms with Gasteiger partial charge in [-0.2, -0.15) is 5.10 Å². The van der Waals surface area contributed by atoms with Crippen molar-refractivity contribution in [3.05, 3.63) is 84.2 Å². The Balaban J connectivity index is 0.00000300. The number of aromatic nitrogens is 2. The lowest BCUT2D eigenvalue weighted by atomic mass is 10.1. The van der Waals surface area contributed by atoms with E-state index < -0.39 is 0 Å². The maximum Gasteiger partial charge on any atom is 0.191 e. The molecule has 0 unspecified atom stereocenters. The molecule has 3 aromatic rings. The fourth-order valence-electron chi connectivity index (χ4n) is 2.94. The molecule has 3 rings (SSSR count). The fraction of sp³-hybridized carbons (Fsp3) is 0.273. The number of anilines is 1. The largest absolute Gasteiger partial charge is 0.385 e. The molecular formula is C22H29IN6. The number of para-hydroxylation sites is 1. The Hall–Kier alpha value is -2.55. The van der Waals surface area contributed by atoms with Crippen LogP contribution in [0, 0.1) is 0 Å². The number of benzene rings is 2. The summed E-state index contributed by atoms with van der Waals surface area (Å²) in [6, 6.07) is 20.6. The Labute approximate surface area is 189 Å². The molecule has 1 heterocycles. The zero-order valence-corrected chi connectivity index (χ0v) is 19.0. The van der Waals surface area contributed by atoms with Crippen LogP contribution >= 0.6 is 24.0 Å². The molecular weight excluding hydrogens is 475 g/mol. The van der Waals surface area contributed by atoms with Gasteiger partial charge in [0.2, 0.25) is 0 Å². The molecule has 0 saturated carbocycles. The predicted octanol–water partition coefficient (Wildman–Crippen LogP) is 3.72. The molecule has 6 nitrogen and oxygen atoms in total. The Morgan fingerprint density at radius 3 is 2.41 bits per heavy atom. The average molecular weight is 504 g/mol. The van der Waals surface area contributed by atoms with Crippen molar-refractivity contribution in [1.82, 2.24) is 20.4 Å². The Bertz CT molecular complexity index is 849. The second-order valence-corrected chi connectivity index (χ2v) is 6.47. The first kappa shape index (κ1) is 22.7. The van der Waals surface area contributed by atoms with E-state index in [9.17, 15) is 0 Å². The quantitative estimate of drug-likeness (QED) is 0.180. The van der Waals surface area contributed by atoms with E-state index in [1.165, 1.54) is 11.1 Å². The van der Waals surface area contributed by atoms with Crippen LogP contribution in [-0.4, -0.2) is 35.9 Å². The van der Waals surface area contributed by atoms with Crippen molar-refractivity contribution in [2.75, 3.05) is 25.5 Å². The summed E-state index contributed by atoms with van der Waals surface area (Å²) in [4.78, 5) is 4.32. The standard InChI is InChI=1S/C22H28N6.HI/c1-23-22(25-14-7-13-24-21-11-3-2-4-12-21)26-17-19-9-5-6-10-20(19)18-28-16-8-15-27-28;/h2-6,8-12,15-16,24H,7,13-14,17-18H2,1H3,(H2,23,25,26);1H. The lowest BCUT2D eigenvalue weighted by Gasteiger charge is -2.14. The summed E-state index contributed by atoms with van der Waals surface area (Å²) in [6.07, 6.45) is 4.79. The molecule has 0 bridgehead atoms. The first-order valence-corrected chi connectivity index (χ1v) is 9.63. The van der Waals surface area contributed by atoms with Crippen molar-refractivity contribution >= 4 is 35.6 Å². The normalized spacial score (nSPS) is 10.9. The van der Waals surface area contributed by atoms with Gasteiger partial charge in [0.25, 0.3) is 0 Å². The van der Waals surface area contributed by atoms with Crippen LogP contribution in [0.5, 0.6) is 0 Å². The van der Waals surface area contributed by atoms with Crippen molar-refractivity contribution in [1.29, 1.82) is 0 Å². The number of guanidine groups is 1. The summed E-state index contributed by atoms with van der Waals surface area (Å²) >= 11 is 0. The summed E-state index contributed by atoms with van der Waals surface area (Å²) in [5, 5.41) is 14.5. The van der Waals surface area contributed by atoms with E-state index >= 15 is 0 Å². The predicted molar refractivity (Wildman–Crippen MR) is 131 cm³/mol. The highest BCUT2D eigenvalue weighted by Gasteiger charge is 2.04. The van der Waals surface area contributed by atoms with Gasteiger partial charge in [0, 0.05) is 44.8 Å². The Morgan fingerprint density at radius 1 is 0.931 bits per heavy atom. The minimum Gasteiger partial charge on any atom is -0.385 e. The van der Waals surface area contributed by atoms with Gasteiger partial charge in [-0.15, -0.1) is 24.0 Å². The molecule has 0 aliphatic rings. The molecule has 0 aliphatic carbocycles. The number of hydrogen-bond donors (Lipinski definition) is 3. The highest BCUT2D eigenvalue weighted by Crippen LogP contribution is 2.10. The monoisotopic (exact) mass is 504 g/mol. The second kappa shape index (κ2) is 12.8. The third-order valence-electron chi connectivity index (χ3n) is 4.43. The zero-order chi connectivity index (χ0) is 19.4. The Morgan fingerprint density at radius 2 is 1.69 bits per heavy atom. The van der Waals surface area contributed by atoms with Gasteiger partial charge in [0.15, 0.2) is 5.96 Å². The lowest BCUT2D eigenvalue weighted by molar-refractivity contribution is 0.677. The highest BCUT2D eigenvalue weighted by molar-refractivity contribution is 14.0. The number of rotatable bonds is 9. The van der Waals surface area contributed by atoms with Crippen LogP contribution in [0.15, 0.2) is 78.0 Å². The summed E-state index contributed by atoms with van der Waals surface area (Å²) < 4.78 is 1.94. The maximum atomic E-state index is 4.32. The van der Waals surface area contributed by atoms with Gasteiger partial charge in [-0.25, -0.2) is 0 Å². The van der Waals surface area contributed by atoms with Gasteiger partial charge >= 0.3 is 0 Å². The Kier molecular flexibility index (Phi) is 10.1. The number of nitrogens with zero attached hydrogens (tertiary/aromatic N) is 3. The third-order valence-corrected chi connectivity index (χ3v) is 4.43. The first-order valence-electron chi connectivity index (χ1n) is 9.63. The summed E-state index contributed by atoms with van der Waals surface area (Å²) in [7, 11) is 1.80. The van der Waals surface area contributed by atoms with Crippen molar-refractivity contribution in [2.24, 2.45) is 4.99 Å². The van der Waals surface area contributed by atoms with Crippen molar-refractivity contribution in [2.45, 2.75) is 19.5 Å². The van der Waals surface area contributed by atoms with E-state index in [0.717, 1.165) is 44.2 Å². The molecule has 0 aliphatic heterocycles. The molecule has 7 heteroatoms. The minimum absolute atomic E-state index is 0. The molecule has 0 saturated heterocycles. The molecule has 0 radical (unpaired) electrons. The molecule has 0 amide bonds. The summed E-state index contributed by atoms with van der Waals surface area (Å²) in [5.41, 5.74) is 3.65. The van der Waals surface area contributed by atoms with E-state index in [2.05, 4.69) is 62.4 Å². The summed E-state index contributed by atoms with van der Waals surface area (Å²) in [5.74, 6) is 0.814. The number of hydrogen-bond acceptors (Lipinski definition) is 3. The summed E-state index contributed by atoms with van der Waals surface area (Å²) in [6.45, 7) is 3.26. The van der Waals surface area contributed by atoms with E-state index in [1.54, 1.807) is 13.2 Å². The van der Waals surface area contributed by atoms with Crippen LogP contribution in [0.4, 0.5) is 5.69 Å². The molecule has 0 fully saturated rings. The van der Waals surface area contributed by atoms with Gasteiger partial charge in [-0.3, -0.25) is 9.67 Å². The van der Waals surface area contributed by atoms with E-state index in [-0.39, 0.29) is 24.0 Å². The van der Waals surface area contributed by atoms with Crippen LogP contribution in [-0.2, 0) is 13.1 Å². The number of aliphatic imine (C=N–C) groups is 1. The molecule has 2 aromatic carbocycles. The highest BCUT2D eigenvalue weighted by atomic mass is 127. The van der Waals surface area contributed by atoms with Crippen LogP contribution < -0.4 is 16.0 Å². The van der Waals surface area contributed by atoms with Gasteiger partial charge in [0.05, 0.1) is 6.54 Å². The van der Waals surface area contributed by atoms with Crippen LogP contribution in [0.1, 0.15) is 17.5 Å². The van der Waals surface area contributed by atoms with Crippen LogP contribution in [0.25, 0.3) is 0 Å². The lowest BCUT2D eigenvalue weighted by Crippen LogP contribution is -2.38. The smallest absolute Gasteiger partial charge is 0.191 e. The molecule has 29 heavy (non-hydrogen) atoms. The van der Waals surface area contributed by atoms with Gasteiger partial charge < -0.3 is 16.0 Å². The average Bonchev–Trinajstić information content (AvgIpc) is 3.25.